The molecule has 0 saturated heterocycles. The molecule has 0 heterocycles. The van der Waals surface area contributed by atoms with E-state index in [-0.39, 0.29) is 29.3 Å². The molecule has 1 N–H and O–H groups in total. The molecule has 0 aromatic heterocycles. The average Bonchev–Trinajstić information content (AvgIpc) is 3.10. The van der Waals surface area contributed by atoms with Crippen LogP contribution in [0.25, 0.3) is 0 Å². The molecule has 252 valence electrons. The van der Waals surface area contributed by atoms with Crippen LogP contribution in [0, 0.1) is 6.92 Å². The maximum atomic E-state index is 14.7. The lowest BCUT2D eigenvalue weighted by Crippen LogP contribution is -2.55. The van der Waals surface area contributed by atoms with Gasteiger partial charge in [-0.15, -0.1) is 0 Å². The molecule has 0 radical (unpaired) electrons. The predicted octanol–water partition coefficient (Wildman–Crippen LogP) is 7.40. The summed E-state index contributed by atoms with van der Waals surface area (Å²) in [6, 6.07) is 32.2. The van der Waals surface area contributed by atoms with Crippen molar-refractivity contribution >= 4 is 27.5 Å². The third kappa shape index (κ3) is 8.92. The summed E-state index contributed by atoms with van der Waals surface area (Å²) in [6.45, 7) is 5.84. The largest absolute Gasteiger partial charge is 0.352 e. The van der Waals surface area contributed by atoms with Gasteiger partial charge in [-0.3, -0.25) is 13.9 Å². The predicted molar refractivity (Wildman–Crippen MR) is 192 cm³/mol. The van der Waals surface area contributed by atoms with Crippen molar-refractivity contribution in [3.05, 3.63) is 131 Å². The van der Waals surface area contributed by atoms with Crippen LogP contribution in [0.3, 0.4) is 0 Å². The van der Waals surface area contributed by atoms with E-state index in [1.165, 1.54) is 16.4 Å². The highest BCUT2D eigenvalue weighted by Crippen LogP contribution is 2.27. The second-order valence-electron chi connectivity index (χ2n) is 13.1. The summed E-state index contributed by atoms with van der Waals surface area (Å²) in [5.41, 5.74) is 4.30. The van der Waals surface area contributed by atoms with Gasteiger partial charge in [-0.1, -0.05) is 124 Å². The number of hydrogen-bond donors (Lipinski definition) is 1. The van der Waals surface area contributed by atoms with E-state index in [1.54, 1.807) is 35.2 Å². The highest BCUT2D eigenvalue weighted by atomic mass is 32.2. The van der Waals surface area contributed by atoms with Gasteiger partial charge >= 0.3 is 0 Å². The minimum atomic E-state index is -4.14. The molecule has 0 unspecified atom stereocenters. The molecular formula is C40H47N3O4S. The molecule has 2 amide bonds. The number of carbonyl (C=O) groups is 2. The molecular weight excluding hydrogens is 619 g/mol. The standard InChI is InChI=1S/C40H47N3O4S/c1-30(2)34-23-25-36(26-24-34)43(48(46,47)37-17-11-6-12-18-37)29-39(44)42(28-33-21-19-31(3)20-22-33)38(27-32-13-7-4-8-14-32)40(45)41-35-15-9-5-10-16-35/h4,6-8,11-14,17-26,30,35,38H,5,9-10,15-16,27-29H2,1-3H3,(H,41,45)/t38-/m1/s1. The number of benzene rings is 4. The molecule has 1 atom stereocenters. The van der Waals surface area contributed by atoms with Gasteiger partial charge < -0.3 is 10.2 Å². The lowest BCUT2D eigenvalue weighted by Gasteiger charge is -2.35. The Morgan fingerprint density at radius 2 is 1.38 bits per heavy atom. The van der Waals surface area contributed by atoms with Crippen molar-refractivity contribution in [2.75, 3.05) is 10.8 Å². The molecule has 48 heavy (non-hydrogen) atoms. The quantitative estimate of drug-likeness (QED) is 0.161. The fraction of sp³-hybridized carbons (Fsp3) is 0.350. The number of rotatable bonds is 13. The van der Waals surface area contributed by atoms with Crippen molar-refractivity contribution < 1.29 is 18.0 Å². The van der Waals surface area contributed by atoms with Crippen LogP contribution in [-0.4, -0.2) is 43.8 Å². The molecule has 1 aliphatic carbocycles. The zero-order valence-electron chi connectivity index (χ0n) is 28.2. The van der Waals surface area contributed by atoms with E-state index in [1.807, 2.05) is 73.7 Å². The molecule has 7 nitrogen and oxygen atoms in total. The highest BCUT2D eigenvalue weighted by Gasteiger charge is 2.35. The molecule has 0 aliphatic heterocycles. The number of nitrogens with one attached hydrogen (secondary N) is 1. The SMILES string of the molecule is Cc1ccc(CN(C(=O)CN(c2ccc(C(C)C)cc2)S(=O)(=O)c2ccccc2)[C@H](Cc2ccccc2)C(=O)NC2CCCCC2)cc1. The maximum Gasteiger partial charge on any atom is 0.264 e. The summed E-state index contributed by atoms with van der Waals surface area (Å²) < 4.78 is 29.7. The van der Waals surface area contributed by atoms with Gasteiger partial charge in [-0.25, -0.2) is 8.42 Å². The van der Waals surface area contributed by atoms with Crippen molar-refractivity contribution in [3.8, 4) is 0 Å². The summed E-state index contributed by atoms with van der Waals surface area (Å²) in [7, 11) is -4.14. The summed E-state index contributed by atoms with van der Waals surface area (Å²) >= 11 is 0. The summed E-state index contributed by atoms with van der Waals surface area (Å²) in [6.07, 6.45) is 5.38. The van der Waals surface area contributed by atoms with Gasteiger partial charge in [-0.2, -0.15) is 0 Å². The Morgan fingerprint density at radius 1 is 0.771 bits per heavy atom. The van der Waals surface area contributed by atoms with Crippen molar-refractivity contribution in [2.24, 2.45) is 0 Å². The van der Waals surface area contributed by atoms with E-state index in [9.17, 15) is 18.0 Å². The van der Waals surface area contributed by atoms with E-state index in [4.69, 9.17) is 0 Å². The number of anilines is 1. The number of sulfonamides is 1. The number of amides is 2. The van der Waals surface area contributed by atoms with Crippen LogP contribution in [0.4, 0.5) is 5.69 Å². The molecule has 0 spiro atoms. The number of carbonyl (C=O) groups excluding carboxylic acids is 2. The molecule has 1 aliphatic rings. The summed E-state index contributed by atoms with van der Waals surface area (Å²) in [4.78, 5) is 30.6. The fourth-order valence-corrected chi connectivity index (χ4v) is 7.70. The second kappa shape index (κ2) is 16.1. The van der Waals surface area contributed by atoms with Gasteiger partial charge in [0.25, 0.3) is 10.0 Å². The molecule has 1 fully saturated rings. The van der Waals surface area contributed by atoms with E-state index in [0.717, 1.165) is 54.4 Å². The lowest BCUT2D eigenvalue weighted by atomic mass is 9.94. The van der Waals surface area contributed by atoms with Gasteiger partial charge in [0, 0.05) is 19.0 Å². The molecule has 0 bridgehead atoms. The molecule has 1 saturated carbocycles. The van der Waals surface area contributed by atoms with E-state index >= 15 is 0 Å². The number of aryl methyl sites for hydroxylation is 1. The Labute approximate surface area is 286 Å². The van der Waals surface area contributed by atoms with Gasteiger partial charge in [0.05, 0.1) is 10.6 Å². The first-order valence-corrected chi connectivity index (χ1v) is 18.4. The van der Waals surface area contributed by atoms with Crippen LogP contribution in [0.15, 0.2) is 114 Å². The Balaban J connectivity index is 1.56. The van der Waals surface area contributed by atoms with Gasteiger partial charge in [0.1, 0.15) is 12.6 Å². The van der Waals surface area contributed by atoms with E-state index in [0.29, 0.717) is 12.1 Å². The first-order valence-electron chi connectivity index (χ1n) is 17.0. The molecule has 5 rings (SSSR count). The van der Waals surface area contributed by atoms with Crippen LogP contribution in [0.5, 0.6) is 0 Å². The minimum absolute atomic E-state index is 0.0512. The third-order valence-electron chi connectivity index (χ3n) is 9.15. The number of hydrogen-bond acceptors (Lipinski definition) is 4. The first-order chi connectivity index (χ1) is 23.1. The topological polar surface area (TPSA) is 86.8 Å². The Bertz CT molecular complexity index is 1740. The average molecular weight is 666 g/mol. The van der Waals surface area contributed by atoms with Crippen molar-refractivity contribution in [2.45, 2.75) is 88.7 Å². The normalized spacial score (nSPS) is 14.3. The van der Waals surface area contributed by atoms with Crippen molar-refractivity contribution in [1.82, 2.24) is 10.2 Å². The van der Waals surface area contributed by atoms with Crippen LogP contribution < -0.4 is 9.62 Å². The second-order valence-corrected chi connectivity index (χ2v) is 15.0. The fourth-order valence-electron chi connectivity index (χ4n) is 6.26. The van der Waals surface area contributed by atoms with E-state index < -0.39 is 28.5 Å². The Hall–Kier alpha value is -4.43. The van der Waals surface area contributed by atoms with Crippen molar-refractivity contribution in [3.63, 3.8) is 0 Å². The third-order valence-corrected chi connectivity index (χ3v) is 10.9. The molecule has 8 heteroatoms. The van der Waals surface area contributed by atoms with Gasteiger partial charge in [0.15, 0.2) is 0 Å². The smallest absolute Gasteiger partial charge is 0.264 e. The summed E-state index contributed by atoms with van der Waals surface area (Å²) in [5.74, 6) is -0.418. The Kier molecular flexibility index (Phi) is 11.7. The molecule has 4 aromatic rings. The first kappa shape index (κ1) is 34.9. The van der Waals surface area contributed by atoms with Gasteiger partial charge in [-0.05, 0) is 66.6 Å². The van der Waals surface area contributed by atoms with Crippen LogP contribution in [-0.2, 0) is 32.6 Å². The zero-order chi connectivity index (χ0) is 34.1. The maximum absolute atomic E-state index is 14.7. The van der Waals surface area contributed by atoms with Crippen molar-refractivity contribution in [1.29, 1.82) is 0 Å². The highest BCUT2D eigenvalue weighted by molar-refractivity contribution is 7.92. The van der Waals surface area contributed by atoms with Crippen LogP contribution >= 0.6 is 0 Å². The summed E-state index contributed by atoms with van der Waals surface area (Å²) in [5, 5.41) is 3.26. The number of nitrogens with zero attached hydrogens (tertiary/aromatic N) is 2. The zero-order valence-corrected chi connectivity index (χ0v) is 29.0. The lowest BCUT2D eigenvalue weighted by molar-refractivity contribution is -0.140. The van der Waals surface area contributed by atoms with E-state index in [2.05, 4.69) is 19.2 Å². The minimum Gasteiger partial charge on any atom is -0.352 e. The monoisotopic (exact) mass is 665 g/mol. The van der Waals surface area contributed by atoms with Gasteiger partial charge in [0.2, 0.25) is 11.8 Å². The van der Waals surface area contributed by atoms with Crippen LogP contribution in [0.1, 0.15) is 74.1 Å². The Morgan fingerprint density at radius 3 is 1.98 bits per heavy atom. The van der Waals surface area contributed by atoms with Crippen LogP contribution in [0.2, 0.25) is 0 Å². The molecule has 4 aromatic carbocycles.